The van der Waals surface area contributed by atoms with Crippen molar-refractivity contribution in [3.8, 4) is 0 Å². The summed E-state index contributed by atoms with van der Waals surface area (Å²) < 4.78 is 5.67. The van der Waals surface area contributed by atoms with Gasteiger partial charge in [-0.05, 0) is 56.1 Å². The molecule has 1 aromatic rings. The van der Waals surface area contributed by atoms with Crippen molar-refractivity contribution in [2.24, 2.45) is 0 Å². The SMILES string of the molecule is CSc1ccc(CCCCOCCCCCCBr)cc1. The number of rotatable bonds is 12. The minimum Gasteiger partial charge on any atom is -0.381 e. The molecule has 0 aliphatic carbocycles. The van der Waals surface area contributed by atoms with Gasteiger partial charge in [0.25, 0.3) is 0 Å². The highest BCUT2D eigenvalue weighted by Gasteiger charge is 1.95. The Balaban J connectivity index is 1.91. The number of hydrogen-bond donors (Lipinski definition) is 0. The first kappa shape index (κ1) is 18.1. The molecular formula is C17H27BrOS. The van der Waals surface area contributed by atoms with Crippen LogP contribution in [0.4, 0.5) is 0 Å². The van der Waals surface area contributed by atoms with Crippen LogP contribution in [0.2, 0.25) is 0 Å². The maximum Gasteiger partial charge on any atom is 0.0466 e. The Kier molecular flexibility index (Phi) is 11.5. The Labute approximate surface area is 137 Å². The zero-order chi connectivity index (χ0) is 14.5. The Morgan fingerprint density at radius 3 is 2.20 bits per heavy atom. The predicted octanol–water partition coefficient (Wildman–Crippen LogP) is 5.70. The first-order valence-corrected chi connectivity index (χ1v) is 9.98. The third kappa shape index (κ3) is 9.04. The molecule has 0 radical (unpaired) electrons. The zero-order valence-electron chi connectivity index (χ0n) is 12.6. The van der Waals surface area contributed by atoms with E-state index in [1.54, 1.807) is 11.8 Å². The van der Waals surface area contributed by atoms with Crippen LogP contribution in [0, 0.1) is 0 Å². The fraction of sp³-hybridized carbons (Fsp3) is 0.647. The lowest BCUT2D eigenvalue weighted by atomic mass is 10.1. The normalized spacial score (nSPS) is 10.9. The Hall–Kier alpha value is 0.01000. The summed E-state index contributed by atoms with van der Waals surface area (Å²) in [6.45, 7) is 1.85. The van der Waals surface area contributed by atoms with Gasteiger partial charge in [-0.3, -0.25) is 0 Å². The minimum atomic E-state index is 0.918. The molecule has 0 N–H and O–H groups in total. The maximum absolute atomic E-state index is 5.67. The third-order valence-corrected chi connectivity index (χ3v) is 4.64. The predicted molar refractivity (Wildman–Crippen MR) is 94.2 cm³/mol. The maximum atomic E-state index is 5.67. The Bertz CT molecular complexity index is 326. The molecule has 1 rings (SSSR count). The van der Waals surface area contributed by atoms with Crippen LogP contribution >= 0.6 is 27.7 Å². The fourth-order valence-electron chi connectivity index (χ4n) is 2.08. The standard InChI is InChI=1S/C17H27BrOS/c1-20-17-11-9-16(10-12-17)8-4-7-15-19-14-6-3-2-5-13-18/h9-12H,2-8,13-15H2,1H3. The van der Waals surface area contributed by atoms with Crippen molar-refractivity contribution in [1.82, 2.24) is 0 Å². The summed E-state index contributed by atoms with van der Waals surface area (Å²) in [5.41, 5.74) is 1.44. The fourth-order valence-corrected chi connectivity index (χ4v) is 2.88. The van der Waals surface area contributed by atoms with Crippen LogP contribution in [-0.2, 0) is 11.2 Å². The summed E-state index contributed by atoms with van der Waals surface area (Å²) >= 11 is 5.25. The van der Waals surface area contributed by atoms with Gasteiger partial charge in [-0.15, -0.1) is 11.8 Å². The van der Waals surface area contributed by atoms with Crippen molar-refractivity contribution in [1.29, 1.82) is 0 Å². The van der Waals surface area contributed by atoms with Crippen molar-refractivity contribution < 1.29 is 4.74 Å². The minimum absolute atomic E-state index is 0.918. The molecule has 1 nitrogen and oxygen atoms in total. The largest absolute Gasteiger partial charge is 0.381 e. The van der Waals surface area contributed by atoms with Gasteiger partial charge in [0.15, 0.2) is 0 Å². The molecular weight excluding hydrogens is 332 g/mol. The number of hydrogen-bond acceptors (Lipinski definition) is 2. The molecule has 0 saturated heterocycles. The second kappa shape index (κ2) is 12.7. The topological polar surface area (TPSA) is 9.23 Å². The summed E-state index contributed by atoms with van der Waals surface area (Å²) in [5.74, 6) is 0. The quantitative estimate of drug-likeness (QED) is 0.269. The Morgan fingerprint density at radius 1 is 0.900 bits per heavy atom. The summed E-state index contributed by atoms with van der Waals surface area (Å²) in [7, 11) is 0. The second-order valence-corrected chi connectivity index (χ2v) is 6.69. The lowest BCUT2D eigenvalue weighted by Gasteiger charge is -2.05. The van der Waals surface area contributed by atoms with Crippen molar-refractivity contribution in [3.63, 3.8) is 0 Å². The number of halogens is 1. The molecule has 114 valence electrons. The highest BCUT2D eigenvalue weighted by Crippen LogP contribution is 2.15. The first-order valence-electron chi connectivity index (χ1n) is 7.63. The van der Waals surface area contributed by atoms with E-state index >= 15 is 0 Å². The van der Waals surface area contributed by atoms with Gasteiger partial charge in [-0.1, -0.05) is 40.9 Å². The van der Waals surface area contributed by atoms with Gasteiger partial charge < -0.3 is 4.74 Å². The average Bonchev–Trinajstić information content (AvgIpc) is 2.50. The molecule has 0 aliphatic heterocycles. The van der Waals surface area contributed by atoms with E-state index in [4.69, 9.17) is 4.74 Å². The number of unbranched alkanes of at least 4 members (excludes halogenated alkanes) is 4. The summed E-state index contributed by atoms with van der Waals surface area (Å²) in [5, 5.41) is 1.13. The molecule has 1 aromatic carbocycles. The lowest BCUT2D eigenvalue weighted by Crippen LogP contribution is -1.98. The van der Waals surface area contributed by atoms with Crippen LogP contribution in [0.3, 0.4) is 0 Å². The molecule has 0 saturated carbocycles. The van der Waals surface area contributed by atoms with Crippen LogP contribution in [0.15, 0.2) is 29.2 Å². The zero-order valence-corrected chi connectivity index (χ0v) is 15.0. The highest BCUT2D eigenvalue weighted by molar-refractivity contribution is 9.09. The molecule has 0 unspecified atom stereocenters. The highest BCUT2D eigenvalue weighted by atomic mass is 79.9. The lowest BCUT2D eigenvalue weighted by molar-refractivity contribution is 0.126. The average molecular weight is 359 g/mol. The molecule has 0 atom stereocenters. The van der Waals surface area contributed by atoms with E-state index in [0.717, 1.165) is 18.5 Å². The van der Waals surface area contributed by atoms with Gasteiger partial charge in [0.1, 0.15) is 0 Å². The van der Waals surface area contributed by atoms with E-state index in [-0.39, 0.29) is 0 Å². The smallest absolute Gasteiger partial charge is 0.0466 e. The van der Waals surface area contributed by atoms with E-state index in [1.165, 1.54) is 55.4 Å². The molecule has 0 aliphatic rings. The number of benzene rings is 1. The van der Waals surface area contributed by atoms with Gasteiger partial charge in [-0.2, -0.15) is 0 Å². The Morgan fingerprint density at radius 2 is 1.55 bits per heavy atom. The molecule has 0 spiro atoms. The first-order chi connectivity index (χ1) is 9.86. The number of alkyl halides is 1. The van der Waals surface area contributed by atoms with Gasteiger partial charge >= 0.3 is 0 Å². The number of thioether (sulfide) groups is 1. The molecule has 0 aromatic heterocycles. The third-order valence-electron chi connectivity index (χ3n) is 3.34. The van der Waals surface area contributed by atoms with Crippen LogP contribution in [0.25, 0.3) is 0 Å². The van der Waals surface area contributed by atoms with Gasteiger partial charge in [0.2, 0.25) is 0 Å². The number of aryl methyl sites for hydroxylation is 1. The van der Waals surface area contributed by atoms with Crippen LogP contribution < -0.4 is 0 Å². The summed E-state index contributed by atoms with van der Waals surface area (Å²) in [6, 6.07) is 8.92. The van der Waals surface area contributed by atoms with E-state index < -0.39 is 0 Å². The molecule has 20 heavy (non-hydrogen) atoms. The van der Waals surface area contributed by atoms with Crippen molar-refractivity contribution in [2.45, 2.75) is 49.8 Å². The summed E-state index contributed by atoms with van der Waals surface area (Å²) in [4.78, 5) is 1.34. The van der Waals surface area contributed by atoms with Crippen molar-refractivity contribution in [3.05, 3.63) is 29.8 Å². The molecule has 0 heterocycles. The van der Waals surface area contributed by atoms with Crippen molar-refractivity contribution in [2.75, 3.05) is 24.8 Å². The van der Waals surface area contributed by atoms with E-state index in [1.807, 2.05) is 0 Å². The summed E-state index contributed by atoms with van der Waals surface area (Å²) in [6.07, 6.45) is 10.8. The monoisotopic (exact) mass is 358 g/mol. The second-order valence-electron chi connectivity index (χ2n) is 5.02. The molecule has 3 heteroatoms. The molecule has 0 fully saturated rings. The van der Waals surface area contributed by atoms with Crippen LogP contribution in [0.1, 0.15) is 44.1 Å². The number of ether oxygens (including phenoxy) is 1. The van der Waals surface area contributed by atoms with Gasteiger partial charge in [0.05, 0.1) is 0 Å². The van der Waals surface area contributed by atoms with Gasteiger partial charge in [0, 0.05) is 23.4 Å². The van der Waals surface area contributed by atoms with E-state index in [9.17, 15) is 0 Å². The molecule has 0 bridgehead atoms. The molecule has 0 amide bonds. The van der Waals surface area contributed by atoms with E-state index in [2.05, 4.69) is 46.5 Å². The van der Waals surface area contributed by atoms with Gasteiger partial charge in [-0.25, -0.2) is 0 Å². The van der Waals surface area contributed by atoms with E-state index in [0.29, 0.717) is 0 Å². The van der Waals surface area contributed by atoms with Crippen LogP contribution in [-0.4, -0.2) is 24.8 Å². The van der Waals surface area contributed by atoms with Crippen LogP contribution in [0.5, 0.6) is 0 Å². The van der Waals surface area contributed by atoms with Crippen molar-refractivity contribution >= 4 is 27.7 Å².